The number of nitrogens with one attached hydrogen (secondary N) is 2. The maximum atomic E-state index is 13.3. The Kier molecular flexibility index (Phi) is 6.39. The highest BCUT2D eigenvalue weighted by Crippen LogP contribution is 2.36. The van der Waals surface area contributed by atoms with Crippen LogP contribution >= 0.6 is 11.6 Å². The zero-order valence-corrected chi connectivity index (χ0v) is 17.7. The first-order valence-electron chi connectivity index (χ1n) is 10.1. The molecule has 4 rings (SSSR count). The fourth-order valence-corrected chi connectivity index (χ4v) is 3.92. The van der Waals surface area contributed by atoms with E-state index in [1.54, 1.807) is 24.3 Å². The molecule has 1 aliphatic heterocycles. The molecule has 0 radical (unpaired) electrons. The fraction of sp³-hybridized carbons (Fsp3) is 0.250. The van der Waals surface area contributed by atoms with E-state index in [0.29, 0.717) is 43.3 Å². The molecule has 0 atom stereocenters. The van der Waals surface area contributed by atoms with Crippen molar-refractivity contribution < 1.29 is 18.7 Å². The van der Waals surface area contributed by atoms with Gasteiger partial charge in [0.15, 0.2) is 5.76 Å². The molecule has 0 unspecified atom stereocenters. The van der Waals surface area contributed by atoms with E-state index >= 15 is 0 Å². The molecule has 1 fully saturated rings. The van der Waals surface area contributed by atoms with Crippen LogP contribution in [0.15, 0.2) is 71.3 Å². The van der Waals surface area contributed by atoms with Crippen molar-refractivity contribution in [1.29, 1.82) is 0 Å². The molecule has 7 heteroatoms. The predicted octanol–water partition coefficient (Wildman–Crippen LogP) is 4.55. The summed E-state index contributed by atoms with van der Waals surface area (Å²) in [5, 5.41) is 6.49. The van der Waals surface area contributed by atoms with Crippen molar-refractivity contribution in [3.05, 3.63) is 88.8 Å². The normalized spacial score (nSPS) is 15.3. The van der Waals surface area contributed by atoms with E-state index in [1.807, 2.05) is 36.4 Å². The Bertz CT molecular complexity index is 1020. The Morgan fingerprint density at radius 3 is 2.32 bits per heavy atom. The monoisotopic (exact) mass is 438 g/mol. The Morgan fingerprint density at radius 1 is 0.968 bits per heavy atom. The third-order valence-electron chi connectivity index (χ3n) is 5.59. The summed E-state index contributed by atoms with van der Waals surface area (Å²) in [6.07, 6.45) is 2.70. The number of benzene rings is 2. The highest BCUT2D eigenvalue weighted by Gasteiger charge is 2.41. The van der Waals surface area contributed by atoms with Crippen LogP contribution < -0.4 is 10.6 Å². The van der Waals surface area contributed by atoms with Gasteiger partial charge in [0.25, 0.3) is 5.91 Å². The molecule has 1 saturated heterocycles. The lowest BCUT2D eigenvalue weighted by molar-refractivity contribution is -0.130. The molecule has 31 heavy (non-hydrogen) atoms. The summed E-state index contributed by atoms with van der Waals surface area (Å²) < 4.78 is 10.6. The van der Waals surface area contributed by atoms with Gasteiger partial charge in [-0.05, 0) is 60.4 Å². The first kappa shape index (κ1) is 21.2. The fourth-order valence-electron chi connectivity index (χ4n) is 3.79. The molecule has 0 spiro atoms. The molecule has 2 N–H and O–H groups in total. The minimum Gasteiger partial charge on any atom is -0.459 e. The minimum absolute atomic E-state index is 0.0201. The van der Waals surface area contributed by atoms with Crippen LogP contribution in [0, 0.1) is 0 Å². The summed E-state index contributed by atoms with van der Waals surface area (Å²) in [7, 11) is 0. The van der Waals surface area contributed by atoms with E-state index in [4.69, 9.17) is 20.8 Å². The van der Waals surface area contributed by atoms with Crippen LogP contribution in [0.2, 0.25) is 5.02 Å². The van der Waals surface area contributed by atoms with Gasteiger partial charge in [-0.15, -0.1) is 0 Å². The number of hydrogen-bond acceptors (Lipinski definition) is 4. The average molecular weight is 439 g/mol. The molecule has 2 heterocycles. The van der Waals surface area contributed by atoms with Crippen LogP contribution in [-0.4, -0.2) is 25.0 Å². The summed E-state index contributed by atoms with van der Waals surface area (Å²) >= 11 is 6.03. The summed E-state index contributed by atoms with van der Waals surface area (Å²) in [6, 6.07) is 18.1. The average Bonchev–Trinajstić information content (AvgIpc) is 3.34. The second-order valence-corrected chi connectivity index (χ2v) is 7.95. The van der Waals surface area contributed by atoms with Gasteiger partial charge in [0.2, 0.25) is 5.91 Å². The van der Waals surface area contributed by atoms with Gasteiger partial charge in [0.05, 0.1) is 11.7 Å². The van der Waals surface area contributed by atoms with Crippen molar-refractivity contribution >= 4 is 29.1 Å². The molecule has 1 aromatic heterocycles. The number of halogens is 1. The number of hydrogen-bond donors (Lipinski definition) is 2. The highest BCUT2D eigenvalue weighted by molar-refractivity contribution is 6.30. The molecular formula is C24H23ClN2O4. The molecule has 0 aliphatic carbocycles. The van der Waals surface area contributed by atoms with Crippen LogP contribution in [-0.2, 0) is 21.5 Å². The second-order valence-electron chi connectivity index (χ2n) is 7.51. The number of ether oxygens (including phenoxy) is 1. The van der Waals surface area contributed by atoms with Crippen molar-refractivity contribution in [2.45, 2.75) is 24.8 Å². The number of rotatable bonds is 6. The summed E-state index contributed by atoms with van der Waals surface area (Å²) in [5.41, 5.74) is 1.91. The third kappa shape index (κ3) is 4.81. The van der Waals surface area contributed by atoms with Crippen molar-refractivity contribution in [2.75, 3.05) is 18.5 Å². The van der Waals surface area contributed by atoms with Crippen molar-refractivity contribution in [1.82, 2.24) is 5.32 Å². The van der Waals surface area contributed by atoms with Gasteiger partial charge in [-0.3, -0.25) is 9.59 Å². The second kappa shape index (κ2) is 9.37. The molecular weight excluding hydrogens is 416 g/mol. The Labute approximate surface area is 185 Å². The first-order chi connectivity index (χ1) is 15.1. The Hall–Kier alpha value is -3.09. The Morgan fingerprint density at radius 2 is 1.68 bits per heavy atom. The van der Waals surface area contributed by atoms with E-state index in [2.05, 4.69) is 10.6 Å². The third-order valence-corrected chi connectivity index (χ3v) is 5.84. The SMILES string of the molecule is O=C(Nc1ccc(CNC(=O)C2(c3ccc(Cl)cc3)CCOCC2)cc1)c1ccco1. The largest absolute Gasteiger partial charge is 0.459 e. The highest BCUT2D eigenvalue weighted by atomic mass is 35.5. The number of carbonyl (C=O) groups excluding carboxylic acids is 2. The maximum absolute atomic E-state index is 13.3. The van der Waals surface area contributed by atoms with E-state index < -0.39 is 5.41 Å². The molecule has 2 amide bonds. The number of carbonyl (C=O) groups is 2. The topological polar surface area (TPSA) is 80.6 Å². The van der Waals surface area contributed by atoms with E-state index in [9.17, 15) is 9.59 Å². The molecule has 6 nitrogen and oxygen atoms in total. The number of furan rings is 1. The predicted molar refractivity (Wildman–Crippen MR) is 118 cm³/mol. The quantitative estimate of drug-likeness (QED) is 0.591. The van der Waals surface area contributed by atoms with Gasteiger partial charge < -0.3 is 19.8 Å². The van der Waals surface area contributed by atoms with Crippen LogP contribution in [0.4, 0.5) is 5.69 Å². The van der Waals surface area contributed by atoms with Crippen molar-refractivity contribution in [2.24, 2.45) is 0 Å². The van der Waals surface area contributed by atoms with Gasteiger partial charge in [0, 0.05) is 30.5 Å². The van der Waals surface area contributed by atoms with Crippen LogP contribution in [0.5, 0.6) is 0 Å². The smallest absolute Gasteiger partial charge is 0.291 e. The lowest BCUT2D eigenvalue weighted by Crippen LogP contribution is -2.47. The van der Waals surface area contributed by atoms with Crippen molar-refractivity contribution in [3.8, 4) is 0 Å². The molecule has 3 aromatic rings. The van der Waals surface area contributed by atoms with Gasteiger partial charge >= 0.3 is 0 Å². The summed E-state index contributed by atoms with van der Waals surface area (Å²) in [5.74, 6) is -0.0795. The zero-order valence-electron chi connectivity index (χ0n) is 16.9. The molecule has 0 saturated carbocycles. The van der Waals surface area contributed by atoms with Crippen LogP contribution in [0.3, 0.4) is 0 Å². The zero-order chi connectivity index (χ0) is 21.7. The molecule has 0 bridgehead atoms. The maximum Gasteiger partial charge on any atom is 0.291 e. The van der Waals surface area contributed by atoms with Gasteiger partial charge in [-0.25, -0.2) is 0 Å². The van der Waals surface area contributed by atoms with Gasteiger partial charge in [0.1, 0.15) is 0 Å². The van der Waals surface area contributed by atoms with E-state index in [-0.39, 0.29) is 17.6 Å². The summed E-state index contributed by atoms with van der Waals surface area (Å²) in [4.78, 5) is 25.3. The van der Waals surface area contributed by atoms with E-state index in [0.717, 1.165) is 11.1 Å². The minimum atomic E-state index is -0.625. The Balaban J connectivity index is 1.40. The molecule has 2 aromatic carbocycles. The van der Waals surface area contributed by atoms with Gasteiger partial charge in [-0.1, -0.05) is 35.9 Å². The molecule has 160 valence electrons. The number of anilines is 1. The number of amides is 2. The first-order valence-corrected chi connectivity index (χ1v) is 10.5. The lowest BCUT2D eigenvalue weighted by Gasteiger charge is -2.36. The lowest BCUT2D eigenvalue weighted by atomic mass is 9.73. The van der Waals surface area contributed by atoms with Crippen LogP contribution in [0.1, 0.15) is 34.5 Å². The van der Waals surface area contributed by atoms with Crippen LogP contribution in [0.25, 0.3) is 0 Å². The summed E-state index contributed by atoms with van der Waals surface area (Å²) in [6.45, 7) is 1.47. The molecule has 1 aliphatic rings. The van der Waals surface area contributed by atoms with E-state index in [1.165, 1.54) is 6.26 Å². The van der Waals surface area contributed by atoms with Crippen molar-refractivity contribution in [3.63, 3.8) is 0 Å². The standard InChI is InChI=1S/C24H23ClN2O4/c25-19-7-5-18(6-8-19)24(11-14-30-15-12-24)23(29)26-16-17-3-9-20(10-4-17)27-22(28)21-2-1-13-31-21/h1-10,13H,11-12,14-16H2,(H,26,29)(H,27,28). The van der Waals surface area contributed by atoms with Gasteiger partial charge in [-0.2, -0.15) is 0 Å².